The van der Waals surface area contributed by atoms with E-state index in [4.69, 9.17) is 4.74 Å². The van der Waals surface area contributed by atoms with Gasteiger partial charge in [-0.15, -0.1) is 0 Å². The Morgan fingerprint density at radius 1 is 0.871 bits per heavy atom. The Hall–Kier alpha value is -3.64. The highest BCUT2D eigenvalue weighted by Crippen LogP contribution is 2.44. The smallest absolute Gasteiger partial charge is 0.407 e. The molecule has 0 fully saturated rings. The van der Waals surface area contributed by atoms with E-state index >= 15 is 0 Å². The van der Waals surface area contributed by atoms with Gasteiger partial charge in [0.15, 0.2) is 0 Å². The Morgan fingerprint density at radius 3 is 2.00 bits per heavy atom. The molecule has 4 rings (SSSR count). The number of hydrogen-bond donors (Lipinski definition) is 3. The van der Waals surface area contributed by atoms with Crippen molar-refractivity contribution in [3.05, 3.63) is 95.6 Å². The number of aliphatic hydroxyl groups is 1. The highest BCUT2D eigenvalue weighted by atomic mass is 16.5. The number of carboxylic acid groups (broad SMARTS) is 1. The molecule has 3 N–H and O–H groups in total. The lowest BCUT2D eigenvalue weighted by molar-refractivity contribution is -0.140. The number of carbonyl (C=O) groups excluding carboxylic acids is 1. The van der Waals surface area contributed by atoms with Crippen molar-refractivity contribution in [2.45, 2.75) is 24.5 Å². The van der Waals surface area contributed by atoms with E-state index in [2.05, 4.69) is 5.32 Å². The highest BCUT2D eigenvalue weighted by Gasteiger charge is 2.30. The molecule has 2 unspecified atom stereocenters. The third-order valence-electron chi connectivity index (χ3n) is 5.58. The van der Waals surface area contributed by atoms with Crippen LogP contribution in [-0.4, -0.2) is 34.9 Å². The van der Waals surface area contributed by atoms with Crippen LogP contribution in [0.3, 0.4) is 0 Å². The highest BCUT2D eigenvalue weighted by molar-refractivity contribution is 5.81. The van der Waals surface area contributed by atoms with Gasteiger partial charge >= 0.3 is 12.1 Å². The van der Waals surface area contributed by atoms with Crippen LogP contribution in [0.4, 0.5) is 4.79 Å². The number of nitrogens with one attached hydrogen (secondary N) is 1. The van der Waals surface area contributed by atoms with Gasteiger partial charge in [0, 0.05) is 12.3 Å². The number of ether oxygens (including phenoxy) is 1. The van der Waals surface area contributed by atoms with E-state index in [9.17, 15) is 19.8 Å². The van der Waals surface area contributed by atoms with Crippen LogP contribution in [0.2, 0.25) is 0 Å². The number of rotatable bonds is 7. The van der Waals surface area contributed by atoms with E-state index in [0.29, 0.717) is 5.56 Å². The van der Waals surface area contributed by atoms with Crippen molar-refractivity contribution >= 4 is 12.1 Å². The van der Waals surface area contributed by atoms with E-state index in [1.165, 1.54) is 0 Å². The topological polar surface area (TPSA) is 95.9 Å². The zero-order valence-electron chi connectivity index (χ0n) is 16.8. The van der Waals surface area contributed by atoms with Gasteiger partial charge in [-0.05, 0) is 27.8 Å². The molecular formula is C25H23NO5. The monoisotopic (exact) mass is 417 g/mol. The Bertz CT molecular complexity index is 1040. The van der Waals surface area contributed by atoms with Crippen molar-refractivity contribution in [3.63, 3.8) is 0 Å². The zero-order valence-corrected chi connectivity index (χ0v) is 16.8. The van der Waals surface area contributed by atoms with E-state index in [1.54, 1.807) is 30.3 Å². The molecule has 158 valence electrons. The van der Waals surface area contributed by atoms with Gasteiger partial charge in [-0.1, -0.05) is 78.9 Å². The summed E-state index contributed by atoms with van der Waals surface area (Å²) < 4.78 is 5.41. The van der Waals surface area contributed by atoms with Crippen LogP contribution < -0.4 is 5.32 Å². The number of amides is 1. The molecule has 6 nitrogen and oxygen atoms in total. The third-order valence-corrected chi connectivity index (χ3v) is 5.58. The number of carboxylic acids is 1. The molecule has 0 aromatic heterocycles. The molecule has 0 radical (unpaired) electrons. The normalized spacial score (nSPS) is 14.2. The number of fused-ring (bicyclic) bond motifs is 3. The molecule has 6 heteroatoms. The maximum atomic E-state index is 12.4. The van der Waals surface area contributed by atoms with Crippen LogP contribution >= 0.6 is 0 Å². The Balaban J connectivity index is 1.41. The first-order chi connectivity index (χ1) is 15.0. The quantitative estimate of drug-likeness (QED) is 0.538. The second-order valence-corrected chi connectivity index (χ2v) is 7.52. The molecule has 3 aromatic carbocycles. The van der Waals surface area contributed by atoms with E-state index in [-0.39, 0.29) is 18.9 Å². The zero-order chi connectivity index (χ0) is 21.8. The average Bonchev–Trinajstić information content (AvgIpc) is 3.11. The maximum absolute atomic E-state index is 12.4. The summed E-state index contributed by atoms with van der Waals surface area (Å²) in [6, 6.07) is 23.4. The molecule has 1 aliphatic carbocycles. The number of carbonyl (C=O) groups is 2. The molecule has 31 heavy (non-hydrogen) atoms. The molecule has 1 aliphatic rings. The van der Waals surface area contributed by atoms with E-state index < -0.39 is 24.2 Å². The molecule has 0 heterocycles. The summed E-state index contributed by atoms with van der Waals surface area (Å²) in [7, 11) is 0. The molecule has 0 saturated carbocycles. The summed E-state index contributed by atoms with van der Waals surface area (Å²) in [5.41, 5.74) is 4.96. The van der Waals surface area contributed by atoms with Crippen LogP contribution in [0.15, 0.2) is 78.9 Å². The number of aliphatic hydroxyl groups excluding tert-OH is 1. The standard InChI is InChI=1S/C25H23NO5/c27-23(16-8-2-1-3-9-16)14-22(24(28)29)26-25(30)31-15-21-19-12-6-4-10-17(19)18-11-5-7-13-20(18)21/h1-13,21-23,27H,14-15H2,(H,26,30)(H,28,29). The summed E-state index contributed by atoms with van der Waals surface area (Å²) in [6.45, 7) is 0.0907. The minimum Gasteiger partial charge on any atom is -0.480 e. The Morgan fingerprint density at radius 2 is 1.42 bits per heavy atom. The van der Waals surface area contributed by atoms with Gasteiger partial charge in [-0.2, -0.15) is 0 Å². The van der Waals surface area contributed by atoms with E-state index in [1.807, 2.05) is 48.5 Å². The van der Waals surface area contributed by atoms with Crippen molar-refractivity contribution in [1.82, 2.24) is 5.32 Å². The predicted molar refractivity (Wildman–Crippen MR) is 116 cm³/mol. The number of hydrogen-bond acceptors (Lipinski definition) is 4. The van der Waals surface area contributed by atoms with Gasteiger partial charge in [0.05, 0.1) is 6.10 Å². The number of aliphatic carboxylic acids is 1. The first kappa shape index (κ1) is 20.6. The minimum absolute atomic E-state index is 0.0907. The fraction of sp³-hybridized carbons (Fsp3) is 0.200. The fourth-order valence-electron chi connectivity index (χ4n) is 4.04. The summed E-state index contributed by atoms with van der Waals surface area (Å²) in [4.78, 5) is 24.0. The lowest BCUT2D eigenvalue weighted by Gasteiger charge is -2.19. The van der Waals surface area contributed by atoms with Gasteiger partial charge in [0.25, 0.3) is 0 Å². The van der Waals surface area contributed by atoms with E-state index in [0.717, 1.165) is 22.3 Å². The molecule has 0 aliphatic heterocycles. The van der Waals surface area contributed by atoms with Crippen LogP contribution in [0, 0.1) is 0 Å². The molecular weight excluding hydrogens is 394 g/mol. The Kier molecular flexibility index (Phi) is 6.00. The molecule has 0 spiro atoms. The number of alkyl carbamates (subject to hydrolysis) is 1. The lowest BCUT2D eigenvalue weighted by Crippen LogP contribution is -2.42. The van der Waals surface area contributed by atoms with Crippen LogP contribution in [-0.2, 0) is 9.53 Å². The third kappa shape index (κ3) is 4.44. The van der Waals surface area contributed by atoms with Gasteiger partial charge < -0.3 is 20.3 Å². The molecule has 0 saturated heterocycles. The SMILES string of the molecule is O=C(NC(CC(O)c1ccccc1)C(=O)O)OCC1c2ccccc2-c2ccccc21. The second kappa shape index (κ2) is 9.02. The second-order valence-electron chi connectivity index (χ2n) is 7.52. The molecule has 2 atom stereocenters. The molecule has 3 aromatic rings. The minimum atomic E-state index is -1.27. The van der Waals surface area contributed by atoms with Gasteiger partial charge in [0.1, 0.15) is 12.6 Å². The summed E-state index contributed by atoms with van der Waals surface area (Å²) in [5, 5.41) is 22.2. The van der Waals surface area contributed by atoms with Gasteiger partial charge in [-0.25, -0.2) is 9.59 Å². The van der Waals surface area contributed by atoms with Gasteiger partial charge in [-0.3, -0.25) is 0 Å². The first-order valence-electron chi connectivity index (χ1n) is 10.1. The van der Waals surface area contributed by atoms with Crippen molar-refractivity contribution in [2.75, 3.05) is 6.61 Å². The first-order valence-corrected chi connectivity index (χ1v) is 10.1. The predicted octanol–water partition coefficient (Wildman–Crippen LogP) is 4.10. The van der Waals surface area contributed by atoms with Crippen molar-refractivity contribution in [2.24, 2.45) is 0 Å². The lowest BCUT2D eigenvalue weighted by atomic mass is 9.98. The average molecular weight is 417 g/mol. The van der Waals surface area contributed by atoms with Crippen LogP contribution in [0.25, 0.3) is 11.1 Å². The van der Waals surface area contributed by atoms with Crippen LogP contribution in [0.5, 0.6) is 0 Å². The molecule has 1 amide bonds. The fourth-order valence-corrected chi connectivity index (χ4v) is 4.04. The Labute approximate surface area is 180 Å². The van der Waals surface area contributed by atoms with Crippen molar-refractivity contribution in [3.8, 4) is 11.1 Å². The van der Waals surface area contributed by atoms with Gasteiger partial charge in [0.2, 0.25) is 0 Å². The maximum Gasteiger partial charge on any atom is 0.407 e. The summed E-state index contributed by atoms with van der Waals surface area (Å²) >= 11 is 0. The largest absolute Gasteiger partial charge is 0.480 e. The number of benzene rings is 3. The van der Waals surface area contributed by atoms with Crippen molar-refractivity contribution in [1.29, 1.82) is 0 Å². The van der Waals surface area contributed by atoms with Crippen molar-refractivity contribution < 1.29 is 24.5 Å². The summed E-state index contributed by atoms with van der Waals surface area (Å²) in [5.74, 6) is -1.35. The van der Waals surface area contributed by atoms with Crippen LogP contribution in [0.1, 0.15) is 35.1 Å². The molecule has 0 bridgehead atoms. The summed E-state index contributed by atoms with van der Waals surface area (Å²) in [6.07, 6.45) is -2.01.